The van der Waals surface area contributed by atoms with Crippen LogP contribution in [-0.4, -0.2) is 10.9 Å². The Bertz CT molecular complexity index is 630. The number of primary amides is 1. The highest BCUT2D eigenvalue weighted by Crippen LogP contribution is 2.31. The van der Waals surface area contributed by atoms with Crippen molar-refractivity contribution in [2.75, 3.05) is 0 Å². The molecule has 4 nitrogen and oxygen atoms in total. The van der Waals surface area contributed by atoms with E-state index in [1.165, 1.54) is 5.57 Å². The molecule has 0 saturated heterocycles. The molecule has 1 aliphatic carbocycles. The molecule has 1 aromatic heterocycles. The Kier molecular flexibility index (Phi) is 4.46. The van der Waals surface area contributed by atoms with Crippen LogP contribution < -0.4 is 10.5 Å². The zero-order valence-corrected chi connectivity index (χ0v) is 13.1. The van der Waals surface area contributed by atoms with Crippen LogP contribution in [0.15, 0.2) is 35.1 Å². The summed E-state index contributed by atoms with van der Waals surface area (Å²) in [7, 11) is 0. The van der Waals surface area contributed by atoms with Crippen molar-refractivity contribution in [3.8, 4) is 5.88 Å². The number of aryl methyl sites for hydroxylation is 1. The summed E-state index contributed by atoms with van der Waals surface area (Å²) in [5.41, 5.74) is 8.85. The highest BCUT2D eigenvalue weighted by Gasteiger charge is 2.20. The zero-order chi connectivity index (χ0) is 15.6. The number of hydrogen-bond donors (Lipinski definition) is 1. The number of aromatic nitrogens is 1. The largest absolute Gasteiger partial charge is 0.438 e. The summed E-state index contributed by atoms with van der Waals surface area (Å²) >= 11 is 0. The third-order valence-corrected chi connectivity index (χ3v) is 3.65. The van der Waals surface area contributed by atoms with Gasteiger partial charge in [-0.3, -0.25) is 4.79 Å². The molecule has 0 aliphatic heterocycles. The van der Waals surface area contributed by atoms with Crippen molar-refractivity contribution in [2.45, 2.75) is 40.5 Å². The van der Waals surface area contributed by atoms with E-state index in [0.717, 1.165) is 29.9 Å². The van der Waals surface area contributed by atoms with E-state index in [9.17, 15) is 4.79 Å². The minimum absolute atomic E-state index is 0.304. The van der Waals surface area contributed by atoms with Gasteiger partial charge in [-0.1, -0.05) is 19.9 Å². The number of ether oxygens (including phenoxy) is 1. The molecule has 4 heteroatoms. The maximum absolute atomic E-state index is 11.5. The first kappa shape index (κ1) is 15.3. The summed E-state index contributed by atoms with van der Waals surface area (Å²) < 4.78 is 5.96. The minimum atomic E-state index is -0.524. The lowest BCUT2D eigenvalue weighted by atomic mass is 9.91. The lowest BCUT2D eigenvalue weighted by Gasteiger charge is -2.22. The Morgan fingerprint density at radius 3 is 2.71 bits per heavy atom. The van der Waals surface area contributed by atoms with Crippen LogP contribution >= 0.6 is 0 Å². The van der Waals surface area contributed by atoms with Crippen LogP contribution in [-0.2, 0) is 6.42 Å². The van der Waals surface area contributed by atoms with Crippen molar-refractivity contribution >= 4 is 5.91 Å². The van der Waals surface area contributed by atoms with E-state index >= 15 is 0 Å². The van der Waals surface area contributed by atoms with E-state index in [1.807, 2.05) is 13.8 Å². The monoisotopic (exact) mass is 286 g/mol. The van der Waals surface area contributed by atoms with Gasteiger partial charge in [-0.05, 0) is 55.9 Å². The summed E-state index contributed by atoms with van der Waals surface area (Å²) in [5.74, 6) is 1.09. The van der Waals surface area contributed by atoms with Crippen molar-refractivity contribution in [1.29, 1.82) is 0 Å². The van der Waals surface area contributed by atoms with E-state index in [0.29, 0.717) is 17.4 Å². The topological polar surface area (TPSA) is 65.2 Å². The smallest absolute Gasteiger partial charge is 0.254 e. The number of nitrogens with zero attached hydrogens (tertiary/aromatic N) is 1. The molecule has 21 heavy (non-hydrogen) atoms. The molecular formula is C17H22N2O2. The fourth-order valence-corrected chi connectivity index (χ4v) is 2.68. The minimum Gasteiger partial charge on any atom is -0.438 e. The Labute approximate surface area is 125 Å². The summed E-state index contributed by atoms with van der Waals surface area (Å²) in [4.78, 5) is 16.0. The van der Waals surface area contributed by atoms with Crippen LogP contribution in [0, 0.1) is 5.92 Å². The van der Waals surface area contributed by atoms with Gasteiger partial charge in [0, 0.05) is 5.69 Å². The van der Waals surface area contributed by atoms with Crippen LogP contribution in [0.1, 0.15) is 50.2 Å². The van der Waals surface area contributed by atoms with Gasteiger partial charge in [-0.25, -0.2) is 4.98 Å². The molecule has 1 atom stereocenters. The van der Waals surface area contributed by atoms with Crippen LogP contribution in [0.25, 0.3) is 0 Å². The van der Waals surface area contributed by atoms with Gasteiger partial charge in [-0.15, -0.1) is 0 Å². The Balaban J connectivity index is 2.41. The van der Waals surface area contributed by atoms with E-state index in [4.69, 9.17) is 10.5 Å². The van der Waals surface area contributed by atoms with E-state index in [-0.39, 0.29) is 0 Å². The van der Waals surface area contributed by atoms with Crippen molar-refractivity contribution in [2.24, 2.45) is 11.7 Å². The summed E-state index contributed by atoms with van der Waals surface area (Å²) in [6, 6.07) is 3.49. The number of amides is 1. The number of carbonyl (C=O) groups is 1. The molecule has 0 saturated carbocycles. The van der Waals surface area contributed by atoms with Crippen molar-refractivity contribution in [1.82, 2.24) is 4.98 Å². The van der Waals surface area contributed by atoms with Gasteiger partial charge in [0.2, 0.25) is 5.88 Å². The summed E-state index contributed by atoms with van der Waals surface area (Å²) in [6.45, 7) is 8.25. The zero-order valence-electron chi connectivity index (χ0n) is 13.1. The van der Waals surface area contributed by atoms with E-state index in [2.05, 4.69) is 24.9 Å². The van der Waals surface area contributed by atoms with Crippen LogP contribution in [0.3, 0.4) is 0 Å². The lowest BCUT2D eigenvalue weighted by molar-refractivity contribution is 0.0997. The van der Waals surface area contributed by atoms with Crippen molar-refractivity contribution in [3.63, 3.8) is 0 Å². The molecule has 1 unspecified atom stereocenters. The van der Waals surface area contributed by atoms with Crippen LogP contribution in [0.2, 0.25) is 0 Å². The van der Waals surface area contributed by atoms with Crippen molar-refractivity contribution in [3.05, 3.63) is 46.4 Å². The fraction of sp³-hybridized carbons (Fsp3) is 0.412. The number of allylic oxidation sites excluding steroid dienone is 3. The first-order valence-electron chi connectivity index (χ1n) is 7.28. The quantitative estimate of drug-likeness (QED) is 0.922. The highest BCUT2D eigenvalue weighted by molar-refractivity contribution is 5.95. The SMILES string of the molecule is CCc1ccc(C(N)=O)c(OC2=C(C)CC(C)C=C2C)n1. The standard InChI is InChI=1S/C17H22N2O2/c1-5-13-6-7-14(16(18)20)17(19-13)21-15-11(3)8-10(2)9-12(15)4/h6-8,10H,5,9H2,1-4H3,(H2,18,20). The molecule has 0 bridgehead atoms. The maximum atomic E-state index is 11.5. The summed E-state index contributed by atoms with van der Waals surface area (Å²) in [6.07, 6.45) is 3.90. The van der Waals surface area contributed by atoms with Gasteiger partial charge in [0.15, 0.2) is 0 Å². The first-order valence-corrected chi connectivity index (χ1v) is 7.28. The number of hydrogen-bond acceptors (Lipinski definition) is 3. The maximum Gasteiger partial charge on any atom is 0.254 e. The fourth-order valence-electron chi connectivity index (χ4n) is 2.68. The second-order valence-corrected chi connectivity index (χ2v) is 5.62. The van der Waals surface area contributed by atoms with E-state index in [1.54, 1.807) is 12.1 Å². The molecule has 112 valence electrons. The number of pyridine rings is 1. The molecular weight excluding hydrogens is 264 g/mol. The van der Waals surface area contributed by atoms with Crippen LogP contribution in [0.5, 0.6) is 5.88 Å². The number of carbonyl (C=O) groups excluding carboxylic acids is 1. The predicted molar refractivity (Wildman–Crippen MR) is 83.0 cm³/mol. The normalized spacial score (nSPS) is 18.5. The molecule has 0 spiro atoms. The van der Waals surface area contributed by atoms with Crippen molar-refractivity contribution < 1.29 is 9.53 Å². The third-order valence-electron chi connectivity index (χ3n) is 3.65. The second-order valence-electron chi connectivity index (χ2n) is 5.62. The summed E-state index contributed by atoms with van der Waals surface area (Å²) in [5, 5.41) is 0. The number of nitrogens with two attached hydrogens (primary N) is 1. The lowest BCUT2D eigenvalue weighted by Crippen LogP contribution is -2.16. The molecule has 1 aliphatic rings. The van der Waals surface area contributed by atoms with Gasteiger partial charge >= 0.3 is 0 Å². The molecule has 0 aromatic carbocycles. The Morgan fingerprint density at radius 1 is 1.43 bits per heavy atom. The van der Waals surface area contributed by atoms with E-state index < -0.39 is 5.91 Å². The van der Waals surface area contributed by atoms with Crippen LogP contribution in [0.4, 0.5) is 0 Å². The molecule has 1 amide bonds. The average molecular weight is 286 g/mol. The third kappa shape index (κ3) is 3.32. The first-order chi connectivity index (χ1) is 9.92. The molecule has 1 aromatic rings. The predicted octanol–water partition coefficient (Wildman–Crippen LogP) is 3.38. The Morgan fingerprint density at radius 2 is 2.14 bits per heavy atom. The van der Waals surface area contributed by atoms with Gasteiger partial charge in [0.1, 0.15) is 11.3 Å². The second kappa shape index (κ2) is 6.12. The molecule has 0 radical (unpaired) electrons. The van der Waals surface area contributed by atoms with Gasteiger partial charge in [0.05, 0.1) is 0 Å². The van der Waals surface area contributed by atoms with Gasteiger partial charge in [-0.2, -0.15) is 0 Å². The van der Waals surface area contributed by atoms with Gasteiger partial charge < -0.3 is 10.5 Å². The molecule has 1 heterocycles. The number of rotatable bonds is 4. The average Bonchev–Trinajstić information content (AvgIpc) is 2.42. The molecule has 0 fully saturated rings. The molecule has 2 rings (SSSR count). The highest BCUT2D eigenvalue weighted by atomic mass is 16.5. The Hall–Kier alpha value is -2.10. The van der Waals surface area contributed by atoms with Gasteiger partial charge in [0.25, 0.3) is 5.91 Å². The molecule has 2 N–H and O–H groups in total.